The van der Waals surface area contributed by atoms with Gasteiger partial charge >= 0.3 is 0 Å². The minimum atomic E-state index is -0.330. The van der Waals surface area contributed by atoms with Crippen LogP contribution in [0.5, 0.6) is 0 Å². The molecule has 0 radical (unpaired) electrons. The summed E-state index contributed by atoms with van der Waals surface area (Å²) in [5.74, 6) is -0.352. The molecule has 0 atom stereocenters. The summed E-state index contributed by atoms with van der Waals surface area (Å²) in [6, 6.07) is 5.79. The summed E-state index contributed by atoms with van der Waals surface area (Å²) in [5, 5.41) is 14.6. The fraction of sp³-hybridized carbons (Fsp3) is 0.524. The maximum absolute atomic E-state index is 13.0. The van der Waals surface area contributed by atoms with Crippen LogP contribution in [0.4, 0.5) is 5.69 Å². The van der Waals surface area contributed by atoms with Crippen LogP contribution in [-0.2, 0) is 0 Å². The fourth-order valence-electron chi connectivity index (χ4n) is 4.26. The number of aromatic nitrogens is 3. The molecule has 3 heterocycles. The fourth-order valence-corrected chi connectivity index (χ4v) is 4.26. The van der Waals surface area contributed by atoms with Gasteiger partial charge < -0.3 is 15.5 Å². The van der Waals surface area contributed by atoms with Crippen molar-refractivity contribution < 1.29 is 9.59 Å². The summed E-state index contributed by atoms with van der Waals surface area (Å²) in [6.45, 7) is 7.20. The lowest BCUT2D eigenvalue weighted by atomic mass is 10.0. The lowest BCUT2D eigenvalue weighted by Crippen LogP contribution is -2.30. The number of benzene rings is 1. The highest BCUT2D eigenvalue weighted by Crippen LogP contribution is 2.25. The van der Waals surface area contributed by atoms with Gasteiger partial charge in [0, 0.05) is 13.1 Å². The summed E-state index contributed by atoms with van der Waals surface area (Å²) < 4.78 is 1.86. The van der Waals surface area contributed by atoms with E-state index in [-0.39, 0.29) is 30.3 Å². The molecule has 4 rings (SSSR count). The van der Waals surface area contributed by atoms with Gasteiger partial charge in [0.2, 0.25) is 0 Å². The average Bonchev–Trinajstić information content (AvgIpc) is 3.38. The van der Waals surface area contributed by atoms with E-state index in [0.29, 0.717) is 16.9 Å². The number of likely N-dealkylation sites (tertiary alicyclic amines) is 1. The normalized spacial score (nSPS) is 16.9. The molecule has 0 saturated carbocycles. The molecule has 2 aliphatic heterocycles. The molecule has 0 bridgehead atoms. The third-order valence-electron chi connectivity index (χ3n) is 5.93. The highest BCUT2D eigenvalue weighted by Gasteiger charge is 2.26. The van der Waals surface area contributed by atoms with Crippen LogP contribution in [0.1, 0.15) is 63.8 Å². The van der Waals surface area contributed by atoms with Gasteiger partial charge in [0.15, 0.2) is 5.69 Å². The largest absolute Gasteiger partial charge is 0.339 e. The molecule has 0 spiro atoms. The molecule has 2 saturated heterocycles. The van der Waals surface area contributed by atoms with Crippen LogP contribution in [-0.4, -0.2) is 57.9 Å². The van der Waals surface area contributed by atoms with Gasteiger partial charge in [-0.2, -0.15) is 0 Å². The van der Waals surface area contributed by atoms with E-state index in [9.17, 15) is 9.59 Å². The smallest absolute Gasteiger partial charge is 0.278 e. The zero-order valence-electron chi connectivity index (χ0n) is 17.5. The number of hydrogen-bond donors (Lipinski definition) is 2. The first-order chi connectivity index (χ1) is 14.1. The van der Waals surface area contributed by atoms with Crippen molar-refractivity contribution >= 4 is 29.9 Å². The minimum Gasteiger partial charge on any atom is -0.339 e. The summed E-state index contributed by atoms with van der Waals surface area (Å²) in [7, 11) is 0. The number of carbonyl (C=O) groups is 2. The molecule has 8 nitrogen and oxygen atoms in total. The van der Waals surface area contributed by atoms with Crippen LogP contribution < -0.4 is 10.6 Å². The molecule has 30 heavy (non-hydrogen) atoms. The van der Waals surface area contributed by atoms with Crippen molar-refractivity contribution in [2.75, 3.05) is 31.5 Å². The van der Waals surface area contributed by atoms with Gasteiger partial charge in [0.1, 0.15) is 0 Å². The third kappa shape index (κ3) is 4.34. The SMILES string of the molecule is Cc1cccc(NC(=O)c2nnn(C3CCNCC3)c2C)c1C(=O)N1CCCC1.Cl. The number of anilines is 1. The highest BCUT2D eigenvalue weighted by molar-refractivity contribution is 6.09. The molecular formula is C21H29ClN6O2. The van der Waals surface area contributed by atoms with Crippen LogP contribution in [0.2, 0.25) is 0 Å². The van der Waals surface area contributed by atoms with Crippen molar-refractivity contribution in [3.63, 3.8) is 0 Å². The van der Waals surface area contributed by atoms with Crippen LogP contribution in [0.25, 0.3) is 0 Å². The number of halogens is 1. The van der Waals surface area contributed by atoms with Crippen molar-refractivity contribution in [1.82, 2.24) is 25.2 Å². The summed E-state index contributed by atoms with van der Waals surface area (Å²) >= 11 is 0. The first kappa shape index (κ1) is 22.2. The van der Waals surface area contributed by atoms with Crippen LogP contribution in [0, 0.1) is 13.8 Å². The van der Waals surface area contributed by atoms with Gasteiger partial charge in [-0.3, -0.25) is 9.59 Å². The first-order valence-electron chi connectivity index (χ1n) is 10.4. The van der Waals surface area contributed by atoms with Crippen LogP contribution in [0.15, 0.2) is 18.2 Å². The quantitative estimate of drug-likeness (QED) is 0.774. The number of nitrogens with zero attached hydrogens (tertiary/aromatic N) is 4. The molecule has 2 aliphatic rings. The van der Waals surface area contributed by atoms with Crippen molar-refractivity contribution in [1.29, 1.82) is 0 Å². The Labute approximate surface area is 182 Å². The van der Waals surface area contributed by atoms with E-state index in [1.165, 1.54) is 0 Å². The van der Waals surface area contributed by atoms with Gasteiger partial charge in [0.05, 0.1) is 23.0 Å². The van der Waals surface area contributed by atoms with Gasteiger partial charge in [-0.15, -0.1) is 17.5 Å². The highest BCUT2D eigenvalue weighted by atomic mass is 35.5. The molecule has 0 unspecified atom stereocenters. The second-order valence-electron chi connectivity index (χ2n) is 7.90. The maximum atomic E-state index is 13.0. The molecule has 9 heteroatoms. The predicted octanol–water partition coefficient (Wildman–Crippen LogP) is 2.73. The van der Waals surface area contributed by atoms with Gasteiger partial charge in [-0.1, -0.05) is 17.3 Å². The van der Waals surface area contributed by atoms with Gasteiger partial charge in [-0.05, 0) is 64.3 Å². The number of amides is 2. The van der Waals surface area contributed by atoms with Crippen molar-refractivity contribution in [3.8, 4) is 0 Å². The minimum absolute atomic E-state index is 0. The molecule has 162 valence electrons. The van der Waals surface area contributed by atoms with Crippen molar-refractivity contribution in [2.24, 2.45) is 0 Å². The number of nitrogens with one attached hydrogen (secondary N) is 2. The number of piperidine rings is 1. The van der Waals surface area contributed by atoms with E-state index < -0.39 is 0 Å². The molecule has 2 N–H and O–H groups in total. The summed E-state index contributed by atoms with van der Waals surface area (Å²) in [6.07, 6.45) is 3.99. The number of carbonyl (C=O) groups excluding carboxylic acids is 2. The second-order valence-corrected chi connectivity index (χ2v) is 7.90. The topological polar surface area (TPSA) is 92.1 Å². The van der Waals surface area contributed by atoms with Gasteiger partial charge in [0.25, 0.3) is 11.8 Å². The van der Waals surface area contributed by atoms with Crippen LogP contribution >= 0.6 is 12.4 Å². The van der Waals surface area contributed by atoms with E-state index in [0.717, 1.165) is 63.1 Å². The molecule has 2 fully saturated rings. The van der Waals surface area contributed by atoms with Crippen molar-refractivity contribution in [2.45, 2.75) is 45.6 Å². The molecule has 2 amide bonds. The number of rotatable bonds is 4. The Morgan fingerprint density at radius 3 is 2.53 bits per heavy atom. The number of hydrogen-bond acceptors (Lipinski definition) is 5. The monoisotopic (exact) mass is 432 g/mol. The molecular weight excluding hydrogens is 404 g/mol. The Kier molecular flexibility index (Phi) is 7.10. The Morgan fingerprint density at radius 2 is 1.83 bits per heavy atom. The van der Waals surface area contributed by atoms with E-state index in [1.54, 1.807) is 6.07 Å². The van der Waals surface area contributed by atoms with E-state index in [1.807, 2.05) is 35.6 Å². The molecule has 0 aliphatic carbocycles. The molecule has 1 aromatic carbocycles. The second kappa shape index (κ2) is 9.57. The lowest BCUT2D eigenvalue weighted by Gasteiger charge is -2.23. The summed E-state index contributed by atoms with van der Waals surface area (Å²) in [4.78, 5) is 27.9. The Bertz CT molecular complexity index is 916. The van der Waals surface area contributed by atoms with Gasteiger partial charge in [-0.25, -0.2) is 4.68 Å². The van der Waals surface area contributed by atoms with Crippen LogP contribution in [0.3, 0.4) is 0 Å². The standard InChI is InChI=1S/C21H28N6O2.ClH/c1-14-6-5-7-17(18(14)21(29)26-12-3-4-13-26)23-20(28)19-15(2)27(25-24-19)16-8-10-22-11-9-16;/h5-7,16,22H,3-4,8-13H2,1-2H3,(H,23,28);1H. The molecule has 2 aromatic rings. The van der Waals surface area contributed by atoms with Crippen molar-refractivity contribution in [3.05, 3.63) is 40.7 Å². The molecule has 1 aromatic heterocycles. The van der Waals surface area contributed by atoms with E-state index >= 15 is 0 Å². The lowest BCUT2D eigenvalue weighted by molar-refractivity contribution is 0.0793. The Balaban J connectivity index is 0.00000256. The third-order valence-corrected chi connectivity index (χ3v) is 5.93. The zero-order valence-corrected chi connectivity index (χ0v) is 18.3. The van der Waals surface area contributed by atoms with E-state index in [2.05, 4.69) is 20.9 Å². The zero-order chi connectivity index (χ0) is 20.4. The average molecular weight is 433 g/mol. The Hall–Kier alpha value is -2.45. The Morgan fingerprint density at radius 1 is 1.13 bits per heavy atom. The first-order valence-corrected chi connectivity index (χ1v) is 10.4. The number of aryl methyl sites for hydroxylation is 1. The summed E-state index contributed by atoms with van der Waals surface area (Å²) in [5.41, 5.74) is 3.02. The van der Waals surface area contributed by atoms with E-state index in [4.69, 9.17) is 0 Å². The predicted molar refractivity (Wildman–Crippen MR) is 117 cm³/mol. The maximum Gasteiger partial charge on any atom is 0.278 e.